The van der Waals surface area contributed by atoms with Gasteiger partial charge < -0.3 is 15.1 Å². The molecule has 1 aliphatic heterocycles. The van der Waals surface area contributed by atoms with Crippen LogP contribution in [0.3, 0.4) is 0 Å². The number of phenolic OH excluding ortho intramolecular Hbond substituents is 2. The van der Waals surface area contributed by atoms with Crippen molar-refractivity contribution in [3.63, 3.8) is 0 Å². The molecular weight excluding hydrogens is 282 g/mol. The first-order valence-corrected chi connectivity index (χ1v) is 5.92. The Morgan fingerprint density at radius 3 is 2.76 bits per heavy atom. The van der Waals surface area contributed by atoms with Crippen molar-refractivity contribution in [3.05, 3.63) is 23.3 Å². The van der Waals surface area contributed by atoms with Crippen LogP contribution >= 0.6 is 17.0 Å². The molecule has 0 amide bonds. The minimum Gasteiger partial charge on any atom is -0.504 e. The van der Waals surface area contributed by atoms with Gasteiger partial charge in [-0.25, -0.2) is 0 Å². The molecule has 0 spiro atoms. The predicted molar refractivity (Wildman–Crippen MR) is 72.2 cm³/mol. The quantitative estimate of drug-likeness (QED) is 0.723. The van der Waals surface area contributed by atoms with E-state index >= 15 is 0 Å². The second-order valence-electron chi connectivity index (χ2n) is 4.98. The molecule has 0 bridgehead atoms. The smallest absolute Gasteiger partial charge is 0.160 e. The van der Waals surface area contributed by atoms with Gasteiger partial charge >= 0.3 is 0 Å². The largest absolute Gasteiger partial charge is 0.504 e. The summed E-state index contributed by atoms with van der Waals surface area (Å²) in [6, 6.07) is 4.23. The number of halogens is 1. The fourth-order valence-electron chi connectivity index (χ4n) is 3.33. The summed E-state index contributed by atoms with van der Waals surface area (Å²) in [5.41, 5.74) is 2.22. The summed E-state index contributed by atoms with van der Waals surface area (Å²) in [6.45, 7) is 1.14. The van der Waals surface area contributed by atoms with Gasteiger partial charge in [-0.3, -0.25) is 0 Å². The summed E-state index contributed by atoms with van der Waals surface area (Å²) in [5.74, 6) is 0.661. The summed E-state index contributed by atoms with van der Waals surface area (Å²) in [6.07, 6.45) is 3.13. The van der Waals surface area contributed by atoms with Crippen LogP contribution in [-0.2, 0) is 6.42 Å². The molecule has 2 N–H and O–H groups in total. The van der Waals surface area contributed by atoms with E-state index in [1.807, 2.05) is 6.07 Å². The van der Waals surface area contributed by atoms with Crippen LogP contribution in [0, 0.1) is 0 Å². The van der Waals surface area contributed by atoms with E-state index in [4.69, 9.17) is 0 Å². The first-order valence-electron chi connectivity index (χ1n) is 5.92. The van der Waals surface area contributed by atoms with Crippen LogP contribution in [-0.4, -0.2) is 34.7 Å². The summed E-state index contributed by atoms with van der Waals surface area (Å²) >= 11 is 0. The van der Waals surface area contributed by atoms with Crippen LogP contribution in [0.4, 0.5) is 0 Å². The number of aromatic hydroxyl groups is 2. The van der Waals surface area contributed by atoms with Gasteiger partial charge in [0.25, 0.3) is 0 Å². The number of nitrogens with zero attached hydrogens (tertiary/aromatic N) is 1. The molecule has 1 heterocycles. The lowest BCUT2D eigenvalue weighted by molar-refractivity contribution is 0.272. The Hall–Kier alpha value is -0.740. The highest BCUT2D eigenvalue weighted by atomic mass is 79.9. The van der Waals surface area contributed by atoms with Crippen molar-refractivity contribution in [1.82, 2.24) is 4.90 Å². The Kier molecular flexibility index (Phi) is 3.36. The molecule has 2 aliphatic rings. The highest BCUT2D eigenvalue weighted by Crippen LogP contribution is 2.45. The molecule has 1 fully saturated rings. The standard InChI is InChI=1S/C13H17NO2.BrH/c1-14-7-6-9-8-3-5-12(15)13(16)10(8)2-4-11(9)14;/h3,5,9,11,15-16H,2,4,6-7H2,1H3;1H/t9-,11+;/m0./s1. The van der Waals surface area contributed by atoms with Crippen LogP contribution < -0.4 is 0 Å². The van der Waals surface area contributed by atoms with E-state index in [2.05, 4.69) is 11.9 Å². The van der Waals surface area contributed by atoms with E-state index in [1.54, 1.807) is 6.07 Å². The minimum absolute atomic E-state index is 0. The zero-order chi connectivity index (χ0) is 11.3. The van der Waals surface area contributed by atoms with E-state index in [0.29, 0.717) is 12.0 Å². The van der Waals surface area contributed by atoms with Crippen molar-refractivity contribution in [3.8, 4) is 11.5 Å². The summed E-state index contributed by atoms with van der Waals surface area (Å²) < 4.78 is 0. The van der Waals surface area contributed by atoms with Crippen LogP contribution in [0.2, 0.25) is 0 Å². The molecule has 3 rings (SSSR count). The Bertz CT molecular complexity index is 436. The molecule has 1 saturated heterocycles. The Morgan fingerprint density at radius 1 is 1.24 bits per heavy atom. The number of rotatable bonds is 0. The number of likely N-dealkylation sites (N-methyl/N-ethyl adjacent to an activating group) is 1. The van der Waals surface area contributed by atoms with Gasteiger partial charge in [0.2, 0.25) is 0 Å². The molecule has 3 nitrogen and oxygen atoms in total. The monoisotopic (exact) mass is 299 g/mol. The van der Waals surface area contributed by atoms with Crippen molar-refractivity contribution in [1.29, 1.82) is 0 Å². The molecule has 2 atom stereocenters. The SMILES string of the molecule is Br.CN1CC[C@H]2c3ccc(O)c(O)c3CC[C@H]21. The van der Waals surface area contributed by atoms with Crippen molar-refractivity contribution in [2.45, 2.75) is 31.2 Å². The van der Waals surface area contributed by atoms with E-state index < -0.39 is 0 Å². The van der Waals surface area contributed by atoms with Crippen molar-refractivity contribution in [2.24, 2.45) is 0 Å². The molecule has 1 aliphatic carbocycles. The number of likely N-dealkylation sites (tertiary alicyclic amines) is 1. The summed E-state index contributed by atoms with van der Waals surface area (Å²) in [4.78, 5) is 2.41. The van der Waals surface area contributed by atoms with E-state index in [1.165, 1.54) is 12.0 Å². The topological polar surface area (TPSA) is 43.7 Å². The fourth-order valence-corrected chi connectivity index (χ4v) is 3.33. The van der Waals surface area contributed by atoms with Crippen LogP contribution in [0.15, 0.2) is 12.1 Å². The van der Waals surface area contributed by atoms with Crippen molar-refractivity contribution >= 4 is 17.0 Å². The molecule has 17 heavy (non-hydrogen) atoms. The van der Waals surface area contributed by atoms with Crippen molar-refractivity contribution < 1.29 is 10.2 Å². The molecule has 0 radical (unpaired) electrons. The molecule has 1 aromatic rings. The van der Waals surface area contributed by atoms with E-state index in [9.17, 15) is 10.2 Å². The zero-order valence-electron chi connectivity index (χ0n) is 9.89. The van der Waals surface area contributed by atoms with Crippen molar-refractivity contribution in [2.75, 3.05) is 13.6 Å². The number of benzene rings is 1. The average molecular weight is 300 g/mol. The Labute approximate surface area is 112 Å². The molecule has 4 heteroatoms. The first-order chi connectivity index (χ1) is 7.68. The van der Waals surface area contributed by atoms with Gasteiger partial charge in [-0.05, 0) is 44.5 Å². The van der Waals surface area contributed by atoms with Gasteiger partial charge in [0.05, 0.1) is 0 Å². The van der Waals surface area contributed by atoms with Gasteiger partial charge in [0, 0.05) is 17.5 Å². The predicted octanol–water partition coefficient (Wildman–Crippen LogP) is 2.41. The molecule has 0 aromatic heterocycles. The highest BCUT2D eigenvalue weighted by Gasteiger charge is 2.37. The molecule has 1 aromatic carbocycles. The molecule has 0 unspecified atom stereocenters. The Morgan fingerprint density at radius 2 is 2.00 bits per heavy atom. The third-order valence-corrected chi connectivity index (χ3v) is 4.21. The average Bonchev–Trinajstić information content (AvgIpc) is 2.66. The molecular formula is C13H18BrNO2. The van der Waals surface area contributed by atoms with Gasteiger partial charge in [-0.1, -0.05) is 6.07 Å². The lowest BCUT2D eigenvalue weighted by Gasteiger charge is -2.32. The first kappa shape index (κ1) is 12.7. The maximum absolute atomic E-state index is 9.87. The number of phenols is 2. The molecule has 94 valence electrons. The third-order valence-electron chi connectivity index (χ3n) is 4.21. The highest BCUT2D eigenvalue weighted by molar-refractivity contribution is 8.93. The minimum atomic E-state index is 0. The second-order valence-corrected chi connectivity index (χ2v) is 4.98. The summed E-state index contributed by atoms with van der Waals surface area (Å²) in [5, 5.41) is 19.4. The lowest BCUT2D eigenvalue weighted by Crippen LogP contribution is -2.32. The van der Waals surface area contributed by atoms with Crippen LogP contribution in [0.5, 0.6) is 11.5 Å². The van der Waals surface area contributed by atoms with Gasteiger partial charge in [-0.2, -0.15) is 0 Å². The maximum atomic E-state index is 9.87. The van der Waals surface area contributed by atoms with E-state index in [0.717, 1.165) is 24.9 Å². The maximum Gasteiger partial charge on any atom is 0.160 e. The normalized spacial score (nSPS) is 27.1. The Balaban J connectivity index is 0.00000108. The third kappa shape index (κ3) is 1.83. The van der Waals surface area contributed by atoms with Crippen LogP contribution in [0.1, 0.15) is 29.9 Å². The van der Waals surface area contributed by atoms with Gasteiger partial charge in [-0.15, -0.1) is 17.0 Å². The fraction of sp³-hybridized carbons (Fsp3) is 0.538. The number of hydrogen-bond donors (Lipinski definition) is 2. The lowest BCUT2D eigenvalue weighted by atomic mass is 9.79. The molecule has 0 saturated carbocycles. The van der Waals surface area contributed by atoms with Gasteiger partial charge in [0.1, 0.15) is 0 Å². The van der Waals surface area contributed by atoms with E-state index in [-0.39, 0.29) is 28.5 Å². The van der Waals surface area contributed by atoms with Crippen LogP contribution in [0.25, 0.3) is 0 Å². The number of fused-ring (bicyclic) bond motifs is 3. The second kappa shape index (κ2) is 4.50. The number of hydrogen-bond acceptors (Lipinski definition) is 3. The summed E-state index contributed by atoms with van der Waals surface area (Å²) in [7, 11) is 2.18. The van der Waals surface area contributed by atoms with Gasteiger partial charge in [0.15, 0.2) is 11.5 Å². The zero-order valence-corrected chi connectivity index (χ0v) is 11.6.